The Labute approximate surface area is 96.1 Å². The fourth-order valence-corrected chi connectivity index (χ4v) is 1.73. The molecule has 0 saturated heterocycles. The van der Waals surface area contributed by atoms with Crippen molar-refractivity contribution >= 4 is 28.3 Å². The maximum absolute atomic E-state index is 3.93. The van der Waals surface area contributed by atoms with Crippen LogP contribution >= 0.6 is 22.6 Å². The van der Waals surface area contributed by atoms with Gasteiger partial charge in [-0.3, -0.25) is 5.10 Å². The molecule has 1 aromatic carbocycles. The summed E-state index contributed by atoms with van der Waals surface area (Å²) in [4.78, 5) is 0. The highest BCUT2D eigenvalue weighted by molar-refractivity contribution is 14.1. The molecule has 0 bridgehead atoms. The van der Waals surface area contributed by atoms with E-state index in [4.69, 9.17) is 0 Å². The Kier molecular flexibility index (Phi) is 3.03. The molecule has 0 amide bonds. The zero-order chi connectivity index (χ0) is 9.80. The molecule has 2 rings (SSSR count). The molecule has 0 spiro atoms. The van der Waals surface area contributed by atoms with Gasteiger partial charge in [-0.2, -0.15) is 5.10 Å². The van der Waals surface area contributed by atoms with Gasteiger partial charge in [0.05, 0.1) is 10.2 Å². The largest absolute Gasteiger partial charge is 0.376 e. The minimum atomic E-state index is 0.907. The summed E-state index contributed by atoms with van der Waals surface area (Å²) in [7, 11) is 0. The molecule has 1 aromatic heterocycles. The van der Waals surface area contributed by atoms with Gasteiger partial charge in [-0.25, -0.2) is 0 Å². The number of nitrogens with zero attached hydrogens (tertiary/aromatic N) is 1. The molecule has 2 aromatic rings. The molecule has 0 atom stereocenters. The number of H-pyrrole nitrogens is 1. The van der Waals surface area contributed by atoms with Crippen molar-refractivity contribution in [2.24, 2.45) is 0 Å². The molecular formula is C10H10IN3. The average Bonchev–Trinajstić information content (AvgIpc) is 2.71. The fraction of sp³-hybridized carbons (Fsp3) is 0.100. The molecular weight excluding hydrogens is 289 g/mol. The second-order valence-corrected chi connectivity index (χ2v) is 3.62. The van der Waals surface area contributed by atoms with E-state index in [1.54, 1.807) is 6.20 Å². The second-order valence-electron chi connectivity index (χ2n) is 2.86. The first kappa shape index (κ1) is 9.51. The normalized spacial score (nSPS) is 10.1. The Balaban J connectivity index is 2.31. The van der Waals surface area contributed by atoms with Gasteiger partial charge in [0.15, 0.2) is 0 Å². The molecule has 0 aliphatic carbocycles. The minimum absolute atomic E-state index is 0.907. The second kappa shape index (κ2) is 4.45. The third-order valence-corrected chi connectivity index (χ3v) is 2.33. The van der Waals surface area contributed by atoms with E-state index in [1.165, 1.54) is 0 Å². The number of aromatic nitrogens is 2. The molecule has 3 nitrogen and oxygen atoms in total. The molecule has 0 aliphatic heterocycles. The van der Waals surface area contributed by atoms with Crippen LogP contribution in [-0.2, 0) is 0 Å². The molecule has 2 N–H and O–H groups in total. The number of hydrogen-bond donors (Lipinski definition) is 2. The van der Waals surface area contributed by atoms with Gasteiger partial charge in [0, 0.05) is 17.4 Å². The first-order valence-corrected chi connectivity index (χ1v) is 5.82. The molecule has 0 fully saturated rings. The Hall–Kier alpha value is -1.04. The third kappa shape index (κ3) is 2.06. The van der Waals surface area contributed by atoms with Crippen molar-refractivity contribution in [3.8, 4) is 11.3 Å². The van der Waals surface area contributed by atoms with Crippen LogP contribution in [0.25, 0.3) is 11.3 Å². The van der Waals surface area contributed by atoms with Crippen molar-refractivity contribution in [2.75, 3.05) is 9.87 Å². The van der Waals surface area contributed by atoms with Crippen LogP contribution in [0.4, 0.5) is 5.69 Å². The van der Waals surface area contributed by atoms with Crippen molar-refractivity contribution in [1.29, 1.82) is 0 Å². The predicted octanol–water partition coefficient (Wildman–Crippen LogP) is 2.88. The smallest absolute Gasteiger partial charge is 0.0670 e. The summed E-state index contributed by atoms with van der Waals surface area (Å²) < 4.78 is 0.907. The summed E-state index contributed by atoms with van der Waals surface area (Å²) >= 11 is 2.28. The predicted molar refractivity (Wildman–Crippen MR) is 66.5 cm³/mol. The van der Waals surface area contributed by atoms with Gasteiger partial charge in [0.1, 0.15) is 0 Å². The van der Waals surface area contributed by atoms with E-state index < -0.39 is 0 Å². The topological polar surface area (TPSA) is 40.7 Å². The van der Waals surface area contributed by atoms with Gasteiger partial charge in [0.2, 0.25) is 0 Å². The van der Waals surface area contributed by atoms with Crippen molar-refractivity contribution in [3.63, 3.8) is 0 Å². The van der Waals surface area contributed by atoms with Crippen LogP contribution in [-0.4, -0.2) is 14.7 Å². The number of hydrogen-bond acceptors (Lipinski definition) is 2. The SMILES string of the molecule is ICNc1cccc(-c2ccn[nH]2)c1. The lowest BCUT2D eigenvalue weighted by Crippen LogP contribution is -1.93. The lowest BCUT2D eigenvalue weighted by molar-refractivity contribution is 1.10. The van der Waals surface area contributed by atoms with E-state index in [0.717, 1.165) is 21.5 Å². The number of aromatic amines is 1. The van der Waals surface area contributed by atoms with E-state index in [-0.39, 0.29) is 0 Å². The lowest BCUT2D eigenvalue weighted by atomic mass is 10.1. The van der Waals surface area contributed by atoms with E-state index in [2.05, 4.69) is 56.3 Å². The van der Waals surface area contributed by atoms with E-state index in [1.807, 2.05) is 12.1 Å². The zero-order valence-corrected chi connectivity index (χ0v) is 9.65. The number of halogens is 1. The highest BCUT2D eigenvalue weighted by atomic mass is 127. The Bertz CT molecular complexity index is 398. The summed E-state index contributed by atoms with van der Waals surface area (Å²) in [5.74, 6) is 0. The average molecular weight is 299 g/mol. The van der Waals surface area contributed by atoms with E-state index in [9.17, 15) is 0 Å². The van der Waals surface area contributed by atoms with Gasteiger partial charge in [0.25, 0.3) is 0 Å². The molecule has 1 heterocycles. The molecule has 0 aliphatic rings. The van der Waals surface area contributed by atoms with Gasteiger partial charge in [-0.1, -0.05) is 34.7 Å². The highest BCUT2D eigenvalue weighted by Gasteiger charge is 1.98. The van der Waals surface area contributed by atoms with Crippen LogP contribution in [0.3, 0.4) is 0 Å². The van der Waals surface area contributed by atoms with E-state index in [0.29, 0.717) is 0 Å². The monoisotopic (exact) mass is 299 g/mol. The first-order chi connectivity index (χ1) is 6.90. The van der Waals surface area contributed by atoms with Gasteiger partial charge in [-0.15, -0.1) is 0 Å². The Morgan fingerprint density at radius 3 is 3.00 bits per heavy atom. The van der Waals surface area contributed by atoms with Crippen molar-refractivity contribution in [3.05, 3.63) is 36.5 Å². The van der Waals surface area contributed by atoms with Crippen molar-refractivity contribution in [1.82, 2.24) is 10.2 Å². The Morgan fingerprint density at radius 2 is 2.29 bits per heavy atom. The zero-order valence-electron chi connectivity index (χ0n) is 7.50. The number of benzene rings is 1. The van der Waals surface area contributed by atoms with Crippen LogP contribution in [0.2, 0.25) is 0 Å². The summed E-state index contributed by atoms with van der Waals surface area (Å²) in [6, 6.07) is 10.2. The summed E-state index contributed by atoms with van der Waals surface area (Å²) in [6.45, 7) is 0. The highest BCUT2D eigenvalue weighted by Crippen LogP contribution is 2.20. The van der Waals surface area contributed by atoms with Gasteiger partial charge >= 0.3 is 0 Å². The standard InChI is InChI=1S/C10H10IN3/c11-7-12-9-3-1-2-8(6-9)10-4-5-13-14-10/h1-6,12H,7H2,(H,13,14). The minimum Gasteiger partial charge on any atom is -0.376 e. The number of alkyl halides is 1. The molecule has 14 heavy (non-hydrogen) atoms. The molecule has 0 saturated carbocycles. The lowest BCUT2D eigenvalue weighted by Gasteiger charge is -2.03. The van der Waals surface area contributed by atoms with E-state index >= 15 is 0 Å². The first-order valence-electron chi connectivity index (χ1n) is 4.30. The number of rotatable bonds is 3. The van der Waals surface area contributed by atoms with Crippen molar-refractivity contribution in [2.45, 2.75) is 0 Å². The molecule has 0 unspecified atom stereocenters. The molecule has 4 heteroatoms. The quantitative estimate of drug-likeness (QED) is 0.520. The molecule has 0 radical (unpaired) electrons. The summed E-state index contributed by atoms with van der Waals surface area (Å²) in [5, 5.41) is 10.1. The van der Waals surface area contributed by atoms with Gasteiger partial charge in [-0.05, 0) is 18.2 Å². The Morgan fingerprint density at radius 1 is 1.36 bits per heavy atom. The van der Waals surface area contributed by atoms with Crippen LogP contribution in [0.15, 0.2) is 36.5 Å². The third-order valence-electron chi connectivity index (χ3n) is 1.95. The maximum Gasteiger partial charge on any atom is 0.0670 e. The summed E-state index contributed by atoms with van der Waals surface area (Å²) in [6.07, 6.45) is 1.76. The van der Waals surface area contributed by atoms with Gasteiger partial charge < -0.3 is 5.32 Å². The maximum atomic E-state index is 3.93. The van der Waals surface area contributed by atoms with Crippen LogP contribution in [0.1, 0.15) is 0 Å². The number of nitrogens with one attached hydrogen (secondary N) is 2. The molecule has 72 valence electrons. The number of anilines is 1. The van der Waals surface area contributed by atoms with Crippen LogP contribution in [0, 0.1) is 0 Å². The summed E-state index contributed by atoms with van der Waals surface area (Å²) in [5.41, 5.74) is 3.32. The van der Waals surface area contributed by atoms with Crippen LogP contribution < -0.4 is 5.32 Å². The fourth-order valence-electron chi connectivity index (χ4n) is 1.29. The van der Waals surface area contributed by atoms with Crippen LogP contribution in [0.5, 0.6) is 0 Å². The van der Waals surface area contributed by atoms with Crippen molar-refractivity contribution < 1.29 is 0 Å².